The number of imide groups is 1. The number of carbonyl (C=O) groups is 3. The summed E-state index contributed by atoms with van der Waals surface area (Å²) >= 11 is 2.92. The van der Waals surface area contributed by atoms with Gasteiger partial charge in [-0.3, -0.25) is 14.5 Å². The number of carbonyl (C=O) groups excluding carboxylic acids is 3. The van der Waals surface area contributed by atoms with Gasteiger partial charge in [-0.25, -0.2) is 9.78 Å². The minimum Gasteiger partial charge on any atom is -0.493 e. The SMILES string of the molecule is Cc1ccc(-c2csc(NC(=O)CN3C(=O)N[C@@]4(CCOc5ccccc54)C3=O)n2)s1. The van der Waals surface area contributed by atoms with Crippen LogP contribution in [-0.4, -0.2) is 40.9 Å². The molecule has 2 aliphatic rings. The van der Waals surface area contributed by atoms with E-state index < -0.39 is 23.4 Å². The van der Waals surface area contributed by atoms with E-state index in [0.29, 0.717) is 29.5 Å². The van der Waals surface area contributed by atoms with Crippen molar-refractivity contribution in [2.45, 2.75) is 18.9 Å². The van der Waals surface area contributed by atoms with Crippen LogP contribution in [0.15, 0.2) is 41.8 Å². The van der Waals surface area contributed by atoms with E-state index >= 15 is 0 Å². The molecule has 5 rings (SSSR count). The van der Waals surface area contributed by atoms with Gasteiger partial charge >= 0.3 is 6.03 Å². The molecule has 1 atom stereocenters. The predicted molar refractivity (Wildman–Crippen MR) is 117 cm³/mol. The lowest BCUT2D eigenvalue weighted by atomic mass is 9.84. The Hall–Kier alpha value is -3.24. The lowest BCUT2D eigenvalue weighted by molar-refractivity contribution is -0.135. The van der Waals surface area contributed by atoms with Crippen molar-refractivity contribution in [1.29, 1.82) is 0 Å². The van der Waals surface area contributed by atoms with E-state index in [-0.39, 0.29) is 6.54 Å². The molecule has 8 nitrogen and oxygen atoms in total. The summed E-state index contributed by atoms with van der Waals surface area (Å²) < 4.78 is 5.62. The third kappa shape index (κ3) is 3.37. The summed E-state index contributed by atoms with van der Waals surface area (Å²) in [6, 6.07) is 10.5. The molecule has 2 aliphatic heterocycles. The molecule has 1 fully saturated rings. The van der Waals surface area contributed by atoms with Crippen LogP contribution in [-0.2, 0) is 15.1 Å². The van der Waals surface area contributed by atoms with Crippen LogP contribution < -0.4 is 15.4 Å². The van der Waals surface area contributed by atoms with Gasteiger partial charge in [-0.2, -0.15) is 0 Å². The number of aryl methyl sites for hydroxylation is 1. The van der Waals surface area contributed by atoms with Crippen molar-refractivity contribution in [1.82, 2.24) is 15.2 Å². The standard InChI is InChI=1S/C21H18N4O4S2/c1-12-6-7-16(31-12)14-11-30-19(22-14)23-17(26)10-25-18(27)21(24-20(25)28)8-9-29-15-5-3-2-4-13(15)21/h2-7,11H,8-10H2,1H3,(H,24,28)(H,22,23,26)/t21-/m1/s1. The van der Waals surface area contributed by atoms with E-state index in [1.807, 2.05) is 30.5 Å². The molecule has 4 heterocycles. The Labute approximate surface area is 185 Å². The smallest absolute Gasteiger partial charge is 0.325 e. The molecule has 158 valence electrons. The molecule has 0 radical (unpaired) electrons. The van der Waals surface area contributed by atoms with Gasteiger partial charge in [0.05, 0.1) is 17.2 Å². The number of aromatic nitrogens is 1. The number of para-hydroxylation sites is 1. The summed E-state index contributed by atoms with van der Waals surface area (Å²) in [7, 11) is 0. The first-order valence-corrected chi connectivity index (χ1v) is 11.3. The van der Waals surface area contributed by atoms with Crippen molar-refractivity contribution >= 4 is 45.7 Å². The highest BCUT2D eigenvalue weighted by atomic mass is 32.1. The van der Waals surface area contributed by atoms with Crippen molar-refractivity contribution in [2.24, 2.45) is 0 Å². The van der Waals surface area contributed by atoms with Gasteiger partial charge in [0.25, 0.3) is 5.91 Å². The summed E-state index contributed by atoms with van der Waals surface area (Å²) in [6.45, 7) is 1.93. The highest BCUT2D eigenvalue weighted by molar-refractivity contribution is 7.17. The van der Waals surface area contributed by atoms with Crippen LogP contribution in [0.5, 0.6) is 5.75 Å². The predicted octanol–water partition coefficient (Wildman–Crippen LogP) is 3.35. The molecule has 1 aromatic carbocycles. The quantitative estimate of drug-likeness (QED) is 0.589. The van der Waals surface area contributed by atoms with Gasteiger partial charge in [-0.15, -0.1) is 22.7 Å². The lowest BCUT2D eigenvalue weighted by Crippen LogP contribution is -2.48. The second-order valence-corrected chi connectivity index (χ2v) is 9.46. The minimum absolute atomic E-state index is 0.299. The molecule has 4 amide bonds. The van der Waals surface area contributed by atoms with E-state index in [1.165, 1.54) is 16.2 Å². The Kier molecular flexibility index (Phi) is 4.75. The average molecular weight is 455 g/mol. The fourth-order valence-electron chi connectivity index (χ4n) is 3.83. The Morgan fingerprint density at radius 2 is 2.13 bits per heavy atom. The van der Waals surface area contributed by atoms with Gasteiger partial charge in [0.15, 0.2) is 10.7 Å². The van der Waals surface area contributed by atoms with E-state index in [4.69, 9.17) is 4.74 Å². The van der Waals surface area contributed by atoms with Crippen molar-refractivity contribution in [3.05, 3.63) is 52.2 Å². The number of amides is 4. The summed E-state index contributed by atoms with van der Waals surface area (Å²) in [6.07, 6.45) is 0.308. The fourth-order valence-corrected chi connectivity index (χ4v) is 5.46. The van der Waals surface area contributed by atoms with Crippen LogP contribution in [0.1, 0.15) is 16.9 Å². The number of nitrogens with zero attached hydrogens (tertiary/aromatic N) is 2. The molecule has 1 spiro atoms. The number of urea groups is 1. The first-order valence-electron chi connectivity index (χ1n) is 9.65. The Balaban J connectivity index is 1.31. The Morgan fingerprint density at radius 1 is 1.29 bits per heavy atom. The molecule has 2 N–H and O–H groups in total. The van der Waals surface area contributed by atoms with Crippen LogP contribution in [0, 0.1) is 6.92 Å². The van der Waals surface area contributed by atoms with Gasteiger partial charge in [0.1, 0.15) is 12.3 Å². The number of anilines is 1. The van der Waals surface area contributed by atoms with Crippen LogP contribution in [0.3, 0.4) is 0 Å². The van der Waals surface area contributed by atoms with Crippen molar-refractivity contribution < 1.29 is 19.1 Å². The number of thiazole rings is 1. The van der Waals surface area contributed by atoms with Gasteiger partial charge in [-0.1, -0.05) is 18.2 Å². The Bertz CT molecular complexity index is 1200. The largest absolute Gasteiger partial charge is 0.493 e. The molecule has 0 bridgehead atoms. The highest BCUT2D eigenvalue weighted by Crippen LogP contribution is 2.41. The van der Waals surface area contributed by atoms with Crippen LogP contribution in [0.25, 0.3) is 10.6 Å². The highest BCUT2D eigenvalue weighted by Gasteiger charge is 2.55. The average Bonchev–Trinajstić information content (AvgIpc) is 3.45. The lowest BCUT2D eigenvalue weighted by Gasteiger charge is -2.33. The topological polar surface area (TPSA) is 101 Å². The van der Waals surface area contributed by atoms with Crippen LogP contribution >= 0.6 is 22.7 Å². The normalized spacial score (nSPS) is 19.8. The summed E-state index contributed by atoms with van der Waals surface area (Å²) in [5.74, 6) is -0.366. The molecular weight excluding hydrogens is 436 g/mol. The maximum Gasteiger partial charge on any atom is 0.325 e. The van der Waals surface area contributed by atoms with Gasteiger partial charge in [0, 0.05) is 22.2 Å². The molecule has 2 aromatic heterocycles. The number of thiophene rings is 1. The van der Waals surface area contributed by atoms with E-state index in [0.717, 1.165) is 15.5 Å². The van der Waals surface area contributed by atoms with Crippen molar-refractivity contribution in [3.8, 4) is 16.3 Å². The zero-order valence-corrected chi connectivity index (χ0v) is 18.1. The number of hydrogen-bond acceptors (Lipinski definition) is 7. The van der Waals surface area contributed by atoms with Gasteiger partial charge in [0.2, 0.25) is 5.91 Å². The third-order valence-electron chi connectivity index (χ3n) is 5.30. The third-order valence-corrected chi connectivity index (χ3v) is 7.08. The molecule has 0 aliphatic carbocycles. The molecule has 10 heteroatoms. The second-order valence-electron chi connectivity index (χ2n) is 7.32. The zero-order chi connectivity index (χ0) is 21.6. The van der Waals surface area contributed by atoms with E-state index in [9.17, 15) is 14.4 Å². The van der Waals surface area contributed by atoms with Gasteiger partial charge in [-0.05, 0) is 25.1 Å². The summed E-state index contributed by atoms with van der Waals surface area (Å²) in [4.78, 5) is 46.0. The first kappa shape index (κ1) is 19.7. The number of rotatable bonds is 4. The van der Waals surface area contributed by atoms with Crippen LogP contribution in [0.2, 0.25) is 0 Å². The number of nitrogens with one attached hydrogen (secondary N) is 2. The number of benzene rings is 1. The number of fused-ring (bicyclic) bond motifs is 2. The number of hydrogen-bond donors (Lipinski definition) is 2. The molecule has 0 unspecified atom stereocenters. The van der Waals surface area contributed by atoms with Crippen LogP contribution in [0.4, 0.5) is 9.93 Å². The molecular formula is C21H18N4O4S2. The summed E-state index contributed by atoms with van der Waals surface area (Å²) in [5, 5.41) is 7.76. The van der Waals surface area contributed by atoms with Crippen molar-refractivity contribution in [2.75, 3.05) is 18.5 Å². The first-order chi connectivity index (χ1) is 15.0. The molecule has 31 heavy (non-hydrogen) atoms. The van der Waals surface area contributed by atoms with Crippen molar-refractivity contribution in [3.63, 3.8) is 0 Å². The zero-order valence-electron chi connectivity index (χ0n) is 16.5. The molecule has 3 aromatic rings. The maximum absolute atomic E-state index is 13.2. The second kappa shape index (κ2) is 7.47. The minimum atomic E-state index is -1.20. The molecule has 0 saturated carbocycles. The Morgan fingerprint density at radius 3 is 2.94 bits per heavy atom. The van der Waals surface area contributed by atoms with E-state index in [1.54, 1.807) is 29.5 Å². The monoisotopic (exact) mass is 454 g/mol. The summed E-state index contributed by atoms with van der Waals surface area (Å²) in [5.41, 5.74) is 0.196. The number of ether oxygens (including phenoxy) is 1. The van der Waals surface area contributed by atoms with Gasteiger partial charge < -0.3 is 15.4 Å². The molecule has 1 saturated heterocycles. The fraction of sp³-hybridized carbons (Fsp3) is 0.238. The maximum atomic E-state index is 13.2. The van der Waals surface area contributed by atoms with E-state index in [2.05, 4.69) is 15.6 Å².